The van der Waals surface area contributed by atoms with Crippen LogP contribution in [-0.4, -0.2) is 31.4 Å². The quantitative estimate of drug-likeness (QED) is 0.748. The second-order valence-electron chi connectivity index (χ2n) is 6.03. The Labute approximate surface area is 163 Å². The maximum Gasteiger partial charge on any atom is 0.340 e. The molecule has 6 nitrogen and oxygen atoms in total. The summed E-state index contributed by atoms with van der Waals surface area (Å²) >= 11 is 3.41. The molecule has 1 atom stereocenters. The van der Waals surface area contributed by atoms with E-state index in [9.17, 15) is 18.8 Å². The van der Waals surface area contributed by atoms with Crippen LogP contribution >= 0.6 is 15.9 Å². The molecule has 1 N–H and O–H groups in total. The standard InChI is InChI=1S/C19H16BrFN2O4/c1-27-19(26)13-9-12(6-7-15(13)21)22-18(25)11-8-17(24)23(10-11)16-5-3-2-4-14(16)20/h2-7,9,11H,8,10H2,1H3,(H,22,25)/t11-/m1/s1. The van der Waals surface area contributed by atoms with Crippen molar-refractivity contribution in [3.8, 4) is 0 Å². The number of esters is 1. The lowest BCUT2D eigenvalue weighted by Crippen LogP contribution is -2.28. The number of para-hydroxylation sites is 1. The zero-order valence-corrected chi connectivity index (χ0v) is 16.0. The molecule has 8 heteroatoms. The van der Waals surface area contributed by atoms with Gasteiger partial charge in [0.1, 0.15) is 5.82 Å². The molecule has 1 saturated heterocycles. The number of nitrogens with one attached hydrogen (secondary N) is 1. The van der Waals surface area contributed by atoms with E-state index in [0.29, 0.717) is 5.69 Å². The average molecular weight is 435 g/mol. The summed E-state index contributed by atoms with van der Waals surface area (Å²) in [4.78, 5) is 38.0. The van der Waals surface area contributed by atoms with E-state index in [1.54, 1.807) is 11.0 Å². The largest absolute Gasteiger partial charge is 0.465 e. The van der Waals surface area contributed by atoms with Crippen molar-refractivity contribution in [2.24, 2.45) is 5.92 Å². The highest BCUT2D eigenvalue weighted by molar-refractivity contribution is 9.10. The minimum absolute atomic E-state index is 0.0677. The third kappa shape index (κ3) is 4.00. The van der Waals surface area contributed by atoms with Gasteiger partial charge in [-0.3, -0.25) is 9.59 Å². The van der Waals surface area contributed by atoms with Crippen LogP contribution in [-0.2, 0) is 14.3 Å². The van der Waals surface area contributed by atoms with Gasteiger partial charge in [-0.2, -0.15) is 0 Å². The van der Waals surface area contributed by atoms with Gasteiger partial charge in [0.05, 0.1) is 24.3 Å². The van der Waals surface area contributed by atoms with E-state index < -0.39 is 17.7 Å². The third-order valence-corrected chi connectivity index (χ3v) is 4.95. The van der Waals surface area contributed by atoms with Crippen LogP contribution in [0.25, 0.3) is 0 Å². The molecule has 0 bridgehead atoms. The molecule has 27 heavy (non-hydrogen) atoms. The van der Waals surface area contributed by atoms with Crippen LogP contribution in [0.1, 0.15) is 16.8 Å². The van der Waals surface area contributed by atoms with Crippen molar-refractivity contribution in [2.45, 2.75) is 6.42 Å². The number of hydrogen-bond acceptors (Lipinski definition) is 4. The molecule has 3 rings (SSSR count). The van der Waals surface area contributed by atoms with E-state index in [0.717, 1.165) is 17.6 Å². The molecule has 1 fully saturated rings. The predicted octanol–water partition coefficient (Wildman–Crippen LogP) is 3.37. The SMILES string of the molecule is COC(=O)c1cc(NC(=O)[C@@H]2CC(=O)N(c3ccccc3Br)C2)ccc1F. The summed E-state index contributed by atoms with van der Waals surface area (Å²) in [5, 5.41) is 2.63. The minimum Gasteiger partial charge on any atom is -0.465 e. The molecule has 0 aliphatic carbocycles. The smallest absolute Gasteiger partial charge is 0.340 e. The molecule has 1 heterocycles. The number of hydrogen-bond donors (Lipinski definition) is 1. The van der Waals surface area contributed by atoms with Gasteiger partial charge in [-0.25, -0.2) is 9.18 Å². The van der Waals surface area contributed by atoms with E-state index in [-0.39, 0.29) is 36.0 Å². The summed E-state index contributed by atoms with van der Waals surface area (Å²) in [6.07, 6.45) is 0.0677. The molecule has 0 radical (unpaired) electrons. The maximum absolute atomic E-state index is 13.7. The topological polar surface area (TPSA) is 75.7 Å². The average Bonchev–Trinajstić information content (AvgIpc) is 3.04. The minimum atomic E-state index is -0.834. The lowest BCUT2D eigenvalue weighted by atomic mass is 10.1. The van der Waals surface area contributed by atoms with Crippen LogP contribution in [0.15, 0.2) is 46.9 Å². The van der Waals surface area contributed by atoms with Gasteiger partial charge < -0.3 is 15.0 Å². The first-order valence-electron chi connectivity index (χ1n) is 8.14. The van der Waals surface area contributed by atoms with E-state index in [4.69, 9.17) is 0 Å². The number of anilines is 2. The van der Waals surface area contributed by atoms with E-state index >= 15 is 0 Å². The fraction of sp³-hybridized carbons (Fsp3) is 0.211. The molecule has 1 aliphatic heterocycles. The van der Waals surface area contributed by atoms with Gasteiger partial charge in [-0.05, 0) is 46.3 Å². The number of benzene rings is 2. The molecule has 0 spiro atoms. The van der Waals surface area contributed by atoms with Gasteiger partial charge in [0.25, 0.3) is 0 Å². The molecule has 140 valence electrons. The van der Waals surface area contributed by atoms with E-state index in [2.05, 4.69) is 26.0 Å². The van der Waals surface area contributed by atoms with Crippen molar-refractivity contribution in [3.05, 3.63) is 58.3 Å². The normalized spacial score (nSPS) is 16.3. The van der Waals surface area contributed by atoms with Crippen LogP contribution in [0.3, 0.4) is 0 Å². The molecular formula is C19H16BrFN2O4. The van der Waals surface area contributed by atoms with Crippen LogP contribution in [0.2, 0.25) is 0 Å². The Morgan fingerprint density at radius 3 is 2.70 bits per heavy atom. The van der Waals surface area contributed by atoms with Crippen LogP contribution in [0.5, 0.6) is 0 Å². The van der Waals surface area contributed by atoms with Crippen LogP contribution < -0.4 is 10.2 Å². The fourth-order valence-electron chi connectivity index (χ4n) is 2.90. The first-order chi connectivity index (χ1) is 12.9. The Hall–Kier alpha value is -2.74. The Morgan fingerprint density at radius 1 is 1.26 bits per heavy atom. The van der Waals surface area contributed by atoms with Crippen molar-refractivity contribution in [1.29, 1.82) is 0 Å². The lowest BCUT2D eigenvalue weighted by Gasteiger charge is -2.18. The van der Waals surface area contributed by atoms with Crippen molar-refractivity contribution in [1.82, 2.24) is 0 Å². The number of methoxy groups -OCH3 is 1. The van der Waals surface area contributed by atoms with E-state index in [1.807, 2.05) is 18.2 Å². The summed E-state index contributed by atoms with van der Waals surface area (Å²) in [5.41, 5.74) is 0.689. The summed E-state index contributed by atoms with van der Waals surface area (Å²) in [6.45, 7) is 0.234. The predicted molar refractivity (Wildman–Crippen MR) is 101 cm³/mol. The van der Waals surface area contributed by atoms with Crippen LogP contribution in [0, 0.1) is 11.7 Å². The molecular weight excluding hydrogens is 419 g/mol. The number of ether oxygens (including phenoxy) is 1. The molecule has 2 aromatic rings. The van der Waals surface area contributed by atoms with Crippen LogP contribution in [0.4, 0.5) is 15.8 Å². The first-order valence-corrected chi connectivity index (χ1v) is 8.93. The van der Waals surface area contributed by atoms with Gasteiger partial charge in [-0.15, -0.1) is 0 Å². The van der Waals surface area contributed by atoms with Gasteiger partial charge in [0.15, 0.2) is 0 Å². The van der Waals surface area contributed by atoms with Gasteiger partial charge >= 0.3 is 5.97 Å². The molecule has 2 aromatic carbocycles. The number of carbonyl (C=O) groups excluding carboxylic acids is 3. The molecule has 0 saturated carbocycles. The summed E-state index contributed by atoms with van der Waals surface area (Å²) in [6, 6.07) is 10.9. The Kier molecular flexibility index (Phi) is 5.55. The zero-order valence-electron chi connectivity index (χ0n) is 14.4. The number of carbonyl (C=O) groups is 3. The number of nitrogens with zero attached hydrogens (tertiary/aromatic N) is 1. The van der Waals surface area contributed by atoms with Crippen molar-refractivity contribution in [2.75, 3.05) is 23.9 Å². The maximum atomic E-state index is 13.7. The molecule has 0 unspecified atom stereocenters. The second-order valence-corrected chi connectivity index (χ2v) is 6.89. The monoisotopic (exact) mass is 434 g/mol. The Morgan fingerprint density at radius 2 is 2.00 bits per heavy atom. The molecule has 1 aliphatic rings. The van der Waals surface area contributed by atoms with Gasteiger partial charge in [-0.1, -0.05) is 12.1 Å². The Balaban J connectivity index is 1.73. The highest BCUT2D eigenvalue weighted by Gasteiger charge is 2.35. The molecule has 0 aromatic heterocycles. The van der Waals surface area contributed by atoms with Gasteiger partial charge in [0, 0.05) is 23.1 Å². The molecule has 2 amide bonds. The van der Waals surface area contributed by atoms with Crippen molar-refractivity contribution in [3.63, 3.8) is 0 Å². The number of rotatable bonds is 4. The highest BCUT2D eigenvalue weighted by Crippen LogP contribution is 2.31. The zero-order chi connectivity index (χ0) is 19.6. The Bertz CT molecular complexity index is 918. The van der Waals surface area contributed by atoms with Gasteiger partial charge in [0.2, 0.25) is 11.8 Å². The lowest BCUT2D eigenvalue weighted by molar-refractivity contribution is -0.122. The number of amides is 2. The second kappa shape index (κ2) is 7.87. The summed E-state index contributed by atoms with van der Waals surface area (Å²) < 4.78 is 19.0. The summed E-state index contributed by atoms with van der Waals surface area (Å²) in [5.74, 6) is -2.66. The fourth-order valence-corrected chi connectivity index (χ4v) is 3.40. The van der Waals surface area contributed by atoms with E-state index in [1.165, 1.54) is 12.1 Å². The third-order valence-electron chi connectivity index (χ3n) is 4.28. The number of halogens is 2. The summed E-state index contributed by atoms with van der Waals surface area (Å²) in [7, 11) is 1.15. The first kappa shape index (κ1) is 19.0. The van der Waals surface area contributed by atoms with Crippen molar-refractivity contribution < 1.29 is 23.5 Å². The van der Waals surface area contributed by atoms with Crippen molar-refractivity contribution >= 4 is 45.1 Å². The highest BCUT2D eigenvalue weighted by atomic mass is 79.9.